The molecule has 16 heavy (non-hydrogen) atoms. The van der Waals surface area contributed by atoms with Crippen molar-refractivity contribution in [3.8, 4) is 5.75 Å². The summed E-state index contributed by atoms with van der Waals surface area (Å²) in [6.07, 6.45) is 5.69. The Balaban J connectivity index is 2.21. The molecule has 0 saturated heterocycles. The van der Waals surface area contributed by atoms with Gasteiger partial charge in [-0.2, -0.15) is 0 Å². The zero-order valence-electron chi connectivity index (χ0n) is 10.2. The van der Waals surface area contributed by atoms with Crippen molar-refractivity contribution in [3.63, 3.8) is 0 Å². The molecule has 0 atom stereocenters. The van der Waals surface area contributed by atoms with E-state index in [1.54, 1.807) is 0 Å². The lowest BCUT2D eigenvalue weighted by Gasteiger charge is -2.06. The zero-order valence-corrected chi connectivity index (χ0v) is 10.2. The highest BCUT2D eigenvalue weighted by atomic mass is 16.5. The highest BCUT2D eigenvalue weighted by Gasteiger charge is 1.95. The van der Waals surface area contributed by atoms with E-state index in [0.717, 1.165) is 44.6 Å². The topological polar surface area (TPSA) is 35.2 Å². The van der Waals surface area contributed by atoms with Crippen molar-refractivity contribution < 1.29 is 4.74 Å². The summed E-state index contributed by atoms with van der Waals surface area (Å²) in [5.41, 5.74) is 6.81. The monoisotopic (exact) mass is 221 g/mol. The van der Waals surface area contributed by atoms with Gasteiger partial charge < -0.3 is 10.5 Å². The van der Waals surface area contributed by atoms with Crippen LogP contribution in [0.3, 0.4) is 0 Å². The minimum atomic E-state index is 0.783. The van der Waals surface area contributed by atoms with Crippen LogP contribution in [-0.4, -0.2) is 13.2 Å². The van der Waals surface area contributed by atoms with E-state index in [0.29, 0.717) is 0 Å². The van der Waals surface area contributed by atoms with Gasteiger partial charge in [0.25, 0.3) is 0 Å². The maximum absolute atomic E-state index is 5.64. The average Bonchev–Trinajstić information content (AvgIpc) is 2.31. The maximum Gasteiger partial charge on any atom is 0.119 e. The van der Waals surface area contributed by atoms with Crippen LogP contribution in [0.25, 0.3) is 0 Å². The molecule has 2 heteroatoms. The van der Waals surface area contributed by atoms with Crippen molar-refractivity contribution in [2.75, 3.05) is 13.2 Å². The molecule has 0 aliphatic carbocycles. The first kappa shape index (κ1) is 13.0. The Bertz CT molecular complexity index is 269. The molecule has 0 aliphatic heterocycles. The second-order valence-electron chi connectivity index (χ2n) is 4.09. The van der Waals surface area contributed by atoms with Crippen LogP contribution in [-0.2, 0) is 6.42 Å². The van der Waals surface area contributed by atoms with Crippen LogP contribution in [0.5, 0.6) is 5.75 Å². The Morgan fingerprint density at radius 3 is 2.44 bits per heavy atom. The summed E-state index contributed by atoms with van der Waals surface area (Å²) in [4.78, 5) is 0. The molecule has 1 aromatic rings. The van der Waals surface area contributed by atoms with Crippen LogP contribution in [0.4, 0.5) is 0 Å². The van der Waals surface area contributed by atoms with Gasteiger partial charge in [-0.05, 0) is 49.9 Å². The summed E-state index contributed by atoms with van der Waals surface area (Å²) in [6.45, 7) is 3.78. The van der Waals surface area contributed by atoms with Crippen LogP contribution in [0.1, 0.15) is 38.2 Å². The van der Waals surface area contributed by atoms with E-state index in [2.05, 4.69) is 31.2 Å². The second-order valence-corrected chi connectivity index (χ2v) is 4.09. The summed E-state index contributed by atoms with van der Waals surface area (Å²) in [7, 11) is 0. The quantitative estimate of drug-likeness (QED) is 0.684. The van der Waals surface area contributed by atoms with Crippen molar-refractivity contribution in [2.45, 2.75) is 39.0 Å². The second kappa shape index (κ2) is 8.17. The van der Waals surface area contributed by atoms with Gasteiger partial charge in [0.1, 0.15) is 5.75 Å². The number of unbranched alkanes of at least 4 members (excludes halogenated alkanes) is 2. The summed E-state index contributed by atoms with van der Waals surface area (Å²) >= 11 is 0. The molecular weight excluding hydrogens is 198 g/mol. The molecule has 0 aromatic heterocycles. The summed E-state index contributed by atoms with van der Waals surface area (Å²) in [5.74, 6) is 0.979. The third kappa shape index (κ3) is 5.17. The van der Waals surface area contributed by atoms with Gasteiger partial charge in [-0.15, -0.1) is 0 Å². The van der Waals surface area contributed by atoms with Gasteiger partial charge in [-0.1, -0.05) is 25.5 Å². The van der Waals surface area contributed by atoms with E-state index >= 15 is 0 Å². The Morgan fingerprint density at radius 2 is 1.81 bits per heavy atom. The SMILES string of the molecule is CCCc1ccc(OCCCCCN)cc1. The molecule has 0 amide bonds. The van der Waals surface area contributed by atoms with Gasteiger partial charge in [0.2, 0.25) is 0 Å². The van der Waals surface area contributed by atoms with Crippen molar-refractivity contribution in [3.05, 3.63) is 29.8 Å². The summed E-state index contributed by atoms with van der Waals surface area (Å²) < 4.78 is 5.64. The van der Waals surface area contributed by atoms with Crippen LogP contribution in [0, 0.1) is 0 Å². The van der Waals surface area contributed by atoms with Gasteiger partial charge in [-0.3, -0.25) is 0 Å². The minimum Gasteiger partial charge on any atom is -0.494 e. The highest BCUT2D eigenvalue weighted by Crippen LogP contribution is 2.13. The molecule has 0 fully saturated rings. The first-order valence-corrected chi connectivity index (χ1v) is 6.28. The van der Waals surface area contributed by atoms with Gasteiger partial charge in [0, 0.05) is 0 Å². The Hall–Kier alpha value is -1.02. The van der Waals surface area contributed by atoms with Crippen LogP contribution < -0.4 is 10.5 Å². The first-order chi connectivity index (χ1) is 7.86. The van der Waals surface area contributed by atoms with Crippen molar-refractivity contribution >= 4 is 0 Å². The molecule has 1 aromatic carbocycles. The zero-order chi connectivity index (χ0) is 11.6. The highest BCUT2D eigenvalue weighted by molar-refractivity contribution is 5.27. The smallest absolute Gasteiger partial charge is 0.119 e. The maximum atomic E-state index is 5.64. The van der Waals surface area contributed by atoms with Gasteiger partial charge >= 0.3 is 0 Å². The predicted octanol–water partition coefficient (Wildman–Crippen LogP) is 3.15. The van der Waals surface area contributed by atoms with E-state index < -0.39 is 0 Å². The van der Waals surface area contributed by atoms with Gasteiger partial charge in [-0.25, -0.2) is 0 Å². The standard InChI is InChI=1S/C14H23NO/c1-2-6-13-7-9-14(10-8-13)16-12-5-3-4-11-15/h7-10H,2-6,11-12,15H2,1H3. The van der Waals surface area contributed by atoms with E-state index in [-0.39, 0.29) is 0 Å². The molecule has 0 heterocycles. The summed E-state index contributed by atoms with van der Waals surface area (Å²) in [5, 5.41) is 0. The molecule has 0 bridgehead atoms. The number of hydrogen-bond acceptors (Lipinski definition) is 2. The van der Waals surface area contributed by atoms with Gasteiger partial charge in [0.15, 0.2) is 0 Å². The fourth-order valence-corrected chi connectivity index (χ4v) is 1.65. The van der Waals surface area contributed by atoms with Gasteiger partial charge in [0.05, 0.1) is 6.61 Å². The Kier molecular flexibility index (Phi) is 6.66. The lowest BCUT2D eigenvalue weighted by molar-refractivity contribution is 0.305. The third-order valence-electron chi connectivity index (χ3n) is 2.58. The molecular formula is C14H23NO. The van der Waals surface area contributed by atoms with Crippen LogP contribution in [0.2, 0.25) is 0 Å². The molecule has 1 rings (SSSR count). The van der Waals surface area contributed by atoms with Crippen molar-refractivity contribution in [1.29, 1.82) is 0 Å². The van der Waals surface area contributed by atoms with Crippen LogP contribution >= 0.6 is 0 Å². The van der Waals surface area contributed by atoms with Crippen molar-refractivity contribution in [2.24, 2.45) is 5.73 Å². The van der Waals surface area contributed by atoms with Crippen LogP contribution in [0.15, 0.2) is 24.3 Å². The molecule has 0 radical (unpaired) electrons. The molecule has 0 unspecified atom stereocenters. The molecule has 0 aliphatic rings. The number of nitrogens with two attached hydrogens (primary N) is 1. The first-order valence-electron chi connectivity index (χ1n) is 6.28. The lowest BCUT2D eigenvalue weighted by Crippen LogP contribution is -2.01. The lowest BCUT2D eigenvalue weighted by atomic mass is 10.1. The Morgan fingerprint density at radius 1 is 1.06 bits per heavy atom. The Labute approximate surface area is 98.8 Å². The number of rotatable bonds is 8. The normalized spacial score (nSPS) is 10.4. The molecule has 2 nitrogen and oxygen atoms in total. The van der Waals surface area contributed by atoms with E-state index in [4.69, 9.17) is 10.5 Å². The average molecular weight is 221 g/mol. The number of ether oxygens (including phenoxy) is 1. The third-order valence-corrected chi connectivity index (χ3v) is 2.58. The van der Waals surface area contributed by atoms with E-state index in [1.165, 1.54) is 12.0 Å². The molecule has 90 valence electrons. The minimum absolute atomic E-state index is 0.783. The predicted molar refractivity (Wildman–Crippen MR) is 68.8 cm³/mol. The number of hydrogen-bond donors (Lipinski definition) is 1. The van der Waals surface area contributed by atoms with Crippen molar-refractivity contribution in [1.82, 2.24) is 0 Å². The molecule has 0 saturated carbocycles. The van der Waals surface area contributed by atoms with E-state index in [1.807, 2.05) is 0 Å². The molecule has 2 N–H and O–H groups in total. The largest absolute Gasteiger partial charge is 0.494 e. The summed E-state index contributed by atoms with van der Waals surface area (Å²) in [6, 6.07) is 8.43. The number of benzene rings is 1. The molecule has 0 spiro atoms. The fraction of sp³-hybridized carbons (Fsp3) is 0.571. The van der Waals surface area contributed by atoms with E-state index in [9.17, 15) is 0 Å². The number of aryl methyl sites for hydroxylation is 1. The fourth-order valence-electron chi connectivity index (χ4n) is 1.65.